The van der Waals surface area contributed by atoms with E-state index in [0.717, 1.165) is 11.8 Å². The second kappa shape index (κ2) is 7.81. The van der Waals surface area contributed by atoms with E-state index in [4.69, 9.17) is 4.74 Å². The Balaban J connectivity index is 1.69. The average molecular weight is 374 g/mol. The Kier molecular flexibility index (Phi) is 5.30. The lowest BCUT2D eigenvalue weighted by Crippen LogP contribution is -2.09. The second-order valence-corrected chi connectivity index (χ2v) is 5.67. The molecule has 3 rings (SSSR count). The first-order valence-electron chi connectivity index (χ1n) is 8.04. The number of nitro benzene ring substituents is 1. The van der Waals surface area contributed by atoms with Crippen molar-refractivity contribution in [2.45, 2.75) is 6.42 Å². The topological polar surface area (TPSA) is 82.2 Å². The summed E-state index contributed by atoms with van der Waals surface area (Å²) in [6, 6.07) is 10.0. The standard InChI is InChI=1S/C18H16F2N4O3/c1-27-15-10-16(20)18(24(25)26)17(11-15)21-8-6-13-7-9-23(22-13)14-4-2-12(19)3-5-14/h2-5,7,9-11,21H,6,8H2,1H3. The molecule has 9 heteroatoms. The molecule has 3 aromatic rings. The van der Waals surface area contributed by atoms with Crippen molar-refractivity contribution in [3.63, 3.8) is 0 Å². The molecular formula is C18H16F2N4O3. The predicted molar refractivity (Wildman–Crippen MR) is 95.3 cm³/mol. The van der Waals surface area contributed by atoms with Crippen molar-refractivity contribution in [1.82, 2.24) is 9.78 Å². The van der Waals surface area contributed by atoms with Gasteiger partial charge in [0.15, 0.2) is 0 Å². The largest absolute Gasteiger partial charge is 0.497 e. The average Bonchev–Trinajstić information content (AvgIpc) is 3.10. The highest BCUT2D eigenvalue weighted by Gasteiger charge is 2.22. The summed E-state index contributed by atoms with van der Waals surface area (Å²) in [7, 11) is 1.35. The zero-order valence-corrected chi connectivity index (χ0v) is 14.4. The maximum atomic E-state index is 13.9. The molecule has 0 fully saturated rings. The van der Waals surface area contributed by atoms with Crippen LogP contribution in [0.25, 0.3) is 5.69 Å². The molecule has 0 unspecified atom stereocenters. The molecule has 27 heavy (non-hydrogen) atoms. The van der Waals surface area contributed by atoms with Gasteiger partial charge in [0.1, 0.15) is 17.3 Å². The normalized spacial score (nSPS) is 10.6. The molecule has 0 aliphatic heterocycles. The van der Waals surface area contributed by atoms with E-state index in [0.29, 0.717) is 18.7 Å². The first-order valence-corrected chi connectivity index (χ1v) is 8.04. The highest BCUT2D eigenvalue weighted by atomic mass is 19.1. The van der Waals surface area contributed by atoms with Crippen LogP contribution in [-0.2, 0) is 6.42 Å². The van der Waals surface area contributed by atoms with Crippen molar-refractivity contribution < 1.29 is 18.4 Å². The second-order valence-electron chi connectivity index (χ2n) is 5.67. The number of ether oxygens (including phenoxy) is 1. The minimum Gasteiger partial charge on any atom is -0.497 e. The summed E-state index contributed by atoms with van der Waals surface area (Å²) in [5.74, 6) is -1.12. The minimum atomic E-state index is -0.970. The molecule has 0 radical (unpaired) electrons. The van der Waals surface area contributed by atoms with E-state index in [2.05, 4.69) is 10.4 Å². The van der Waals surface area contributed by atoms with E-state index in [9.17, 15) is 18.9 Å². The van der Waals surface area contributed by atoms with Crippen molar-refractivity contribution in [2.24, 2.45) is 0 Å². The molecule has 0 saturated heterocycles. The van der Waals surface area contributed by atoms with Crippen LogP contribution >= 0.6 is 0 Å². The lowest BCUT2D eigenvalue weighted by molar-refractivity contribution is -0.386. The van der Waals surface area contributed by atoms with Gasteiger partial charge in [0, 0.05) is 31.3 Å². The van der Waals surface area contributed by atoms with Gasteiger partial charge < -0.3 is 10.1 Å². The van der Waals surface area contributed by atoms with Gasteiger partial charge in [-0.2, -0.15) is 9.49 Å². The number of anilines is 1. The van der Waals surface area contributed by atoms with E-state index in [1.807, 2.05) is 0 Å². The molecule has 1 heterocycles. The Morgan fingerprint density at radius 2 is 1.96 bits per heavy atom. The Bertz CT molecular complexity index is 958. The monoisotopic (exact) mass is 374 g/mol. The van der Waals surface area contributed by atoms with Crippen LogP contribution in [0.4, 0.5) is 20.2 Å². The quantitative estimate of drug-likeness (QED) is 0.503. The molecule has 0 bridgehead atoms. The van der Waals surface area contributed by atoms with Gasteiger partial charge in [0.2, 0.25) is 5.82 Å². The molecule has 0 atom stereocenters. The number of halogens is 2. The van der Waals surface area contributed by atoms with Crippen molar-refractivity contribution in [3.8, 4) is 11.4 Å². The number of nitrogens with zero attached hydrogens (tertiary/aromatic N) is 3. The first-order chi connectivity index (χ1) is 13.0. The van der Waals surface area contributed by atoms with Crippen LogP contribution in [0.15, 0.2) is 48.7 Å². The first kappa shape index (κ1) is 18.3. The Morgan fingerprint density at radius 3 is 2.63 bits per heavy atom. The van der Waals surface area contributed by atoms with Crippen molar-refractivity contribution in [2.75, 3.05) is 19.0 Å². The third-order valence-electron chi connectivity index (χ3n) is 3.89. The number of hydrogen-bond acceptors (Lipinski definition) is 5. The van der Waals surface area contributed by atoms with Crippen LogP contribution < -0.4 is 10.1 Å². The number of rotatable bonds is 7. The lowest BCUT2D eigenvalue weighted by atomic mass is 10.2. The van der Waals surface area contributed by atoms with Crippen molar-refractivity contribution >= 4 is 11.4 Å². The minimum absolute atomic E-state index is 0.0369. The van der Waals surface area contributed by atoms with Gasteiger partial charge in [-0.1, -0.05) is 0 Å². The summed E-state index contributed by atoms with van der Waals surface area (Å²) in [5.41, 5.74) is 0.835. The van der Waals surface area contributed by atoms with E-state index >= 15 is 0 Å². The van der Waals surface area contributed by atoms with Crippen LogP contribution in [0, 0.1) is 21.7 Å². The van der Waals surface area contributed by atoms with Crippen LogP contribution in [-0.4, -0.2) is 28.4 Å². The van der Waals surface area contributed by atoms with Gasteiger partial charge in [0.05, 0.1) is 23.4 Å². The summed E-state index contributed by atoms with van der Waals surface area (Å²) in [5, 5.41) is 18.3. The molecule has 0 saturated carbocycles. The highest BCUT2D eigenvalue weighted by molar-refractivity contribution is 5.65. The molecule has 0 aliphatic rings. The molecule has 0 amide bonds. The SMILES string of the molecule is COc1cc(F)c([N+](=O)[O-])c(NCCc2ccn(-c3ccc(F)cc3)n2)c1. The molecular weight excluding hydrogens is 358 g/mol. The number of nitro groups is 1. The fraction of sp³-hybridized carbons (Fsp3) is 0.167. The van der Waals surface area contributed by atoms with Crippen molar-refractivity contribution in [3.05, 3.63) is 76.1 Å². The molecule has 1 N–H and O–H groups in total. The molecule has 2 aromatic carbocycles. The highest BCUT2D eigenvalue weighted by Crippen LogP contribution is 2.32. The number of benzene rings is 2. The van der Waals surface area contributed by atoms with E-state index in [-0.39, 0.29) is 17.3 Å². The maximum Gasteiger partial charge on any atom is 0.327 e. The Morgan fingerprint density at radius 1 is 1.22 bits per heavy atom. The Labute approximate surface area is 153 Å². The zero-order valence-electron chi connectivity index (χ0n) is 14.4. The molecule has 140 valence electrons. The van der Waals surface area contributed by atoms with Gasteiger partial charge in [-0.15, -0.1) is 0 Å². The van der Waals surface area contributed by atoms with Crippen LogP contribution in [0.5, 0.6) is 5.75 Å². The fourth-order valence-electron chi connectivity index (χ4n) is 2.57. The number of hydrogen-bond donors (Lipinski definition) is 1. The maximum absolute atomic E-state index is 13.9. The van der Waals surface area contributed by atoms with Gasteiger partial charge in [-0.05, 0) is 30.3 Å². The third kappa shape index (κ3) is 4.20. The van der Waals surface area contributed by atoms with Gasteiger partial charge in [-0.25, -0.2) is 9.07 Å². The summed E-state index contributed by atoms with van der Waals surface area (Å²) in [6.07, 6.45) is 2.18. The number of aromatic nitrogens is 2. The van der Waals surface area contributed by atoms with Crippen molar-refractivity contribution in [1.29, 1.82) is 0 Å². The summed E-state index contributed by atoms with van der Waals surface area (Å²) >= 11 is 0. The summed E-state index contributed by atoms with van der Waals surface area (Å²) in [4.78, 5) is 10.3. The predicted octanol–water partition coefficient (Wildman–Crippen LogP) is 3.72. The summed E-state index contributed by atoms with van der Waals surface area (Å²) < 4.78 is 33.5. The van der Waals surface area contributed by atoms with Gasteiger partial charge >= 0.3 is 5.69 Å². The molecule has 0 spiro atoms. The molecule has 1 aromatic heterocycles. The van der Waals surface area contributed by atoms with Gasteiger partial charge in [0.25, 0.3) is 0 Å². The molecule has 0 aliphatic carbocycles. The van der Waals surface area contributed by atoms with Crippen LogP contribution in [0.3, 0.4) is 0 Å². The van der Waals surface area contributed by atoms with Gasteiger partial charge in [-0.3, -0.25) is 10.1 Å². The Hall–Kier alpha value is -3.49. The lowest BCUT2D eigenvalue weighted by Gasteiger charge is -2.09. The third-order valence-corrected chi connectivity index (χ3v) is 3.89. The fourth-order valence-corrected chi connectivity index (χ4v) is 2.57. The van der Waals surface area contributed by atoms with E-state index < -0.39 is 16.4 Å². The summed E-state index contributed by atoms with van der Waals surface area (Å²) in [6.45, 7) is 0.299. The molecule has 7 nitrogen and oxygen atoms in total. The van der Waals surface area contributed by atoms with E-state index in [1.54, 1.807) is 29.1 Å². The smallest absolute Gasteiger partial charge is 0.327 e. The van der Waals surface area contributed by atoms with E-state index in [1.165, 1.54) is 25.3 Å². The number of nitrogens with one attached hydrogen (secondary N) is 1. The van der Waals surface area contributed by atoms with Crippen LogP contribution in [0.2, 0.25) is 0 Å². The zero-order chi connectivity index (χ0) is 19.4. The number of methoxy groups -OCH3 is 1. The van der Waals surface area contributed by atoms with Crippen LogP contribution in [0.1, 0.15) is 5.69 Å².